The van der Waals surface area contributed by atoms with Gasteiger partial charge in [-0.2, -0.15) is 17.7 Å². The minimum atomic E-state index is -3.82. The summed E-state index contributed by atoms with van der Waals surface area (Å²) in [5, 5.41) is 12.8. The number of aliphatic carboxylic acids is 1. The number of piperidine rings is 1. The first-order valence-corrected chi connectivity index (χ1v) is 8.12. The topological polar surface area (TPSA) is 126 Å². The third-order valence-electron chi connectivity index (χ3n) is 3.25. The van der Waals surface area contributed by atoms with Crippen molar-refractivity contribution in [3.05, 3.63) is 11.7 Å². The van der Waals surface area contributed by atoms with Crippen LogP contribution in [0.1, 0.15) is 31.0 Å². The molecule has 1 unspecified atom stereocenters. The number of carboxylic acid groups (broad SMARTS) is 1. The van der Waals surface area contributed by atoms with Crippen molar-refractivity contribution in [3.63, 3.8) is 0 Å². The van der Waals surface area contributed by atoms with Crippen LogP contribution in [0.5, 0.6) is 0 Å². The summed E-state index contributed by atoms with van der Waals surface area (Å²) < 4.78 is 32.6. The van der Waals surface area contributed by atoms with E-state index < -0.39 is 22.2 Å². The number of hydrogen-bond donors (Lipinski definition) is 2. The Bertz CT molecular complexity index is 600. The van der Waals surface area contributed by atoms with E-state index in [1.165, 1.54) is 0 Å². The fraction of sp³-hybridized carbons (Fsp3) is 0.727. The Labute approximate surface area is 122 Å². The third kappa shape index (κ3) is 3.99. The van der Waals surface area contributed by atoms with Gasteiger partial charge in [0.1, 0.15) is 6.04 Å². The Balaban J connectivity index is 1.95. The molecule has 0 saturated carbocycles. The van der Waals surface area contributed by atoms with E-state index in [2.05, 4.69) is 14.9 Å². The van der Waals surface area contributed by atoms with Gasteiger partial charge in [0, 0.05) is 26.4 Å². The molecule has 0 spiro atoms. The zero-order valence-corrected chi connectivity index (χ0v) is 12.5. The quantitative estimate of drug-likeness (QED) is 0.737. The van der Waals surface area contributed by atoms with Crippen LogP contribution in [-0.2, 0) is 21.4 Å². The molecule has 118 valence electrons. The Kier molecular flexibility index (Phi) is 4.91. The first kappa shape index (κ1) is 15.9. The SMILES string of the molecule is Cc1nc(CCNS(=O)(=O)N2CCCCC2C(=O)O)no1. The highest BCUT2D eigenvalue weighted by molar-refractivity contribution is 7.87. The number of nitrogens with zero attached hydrogens (tertiary/aromatic N) is 3. The molecule has 0 amide bonds. The standard InChI is InChI=1S/C11H18N4O5S/c1-8-13-10(14-20-8)5-6-12-21(18,19)15-7-3-2-4-9(15)11(16)17/h9,12H,2-7H2,1H3,(H,16,17). The summed E-state index contributed by atoms with van der Waals surface area (Å²) in [6, 6.07) is -0.997. The molecule has 0 aliphatic carbocycles. The number of rotatable bonds is 6. The summed E-state index contributed by atoms with van der Waals surface area (Å²) in [5.74, 6) is -0.299. The number of carbonyl (C=O) groups is 1. The normalized spacial score (nSPS) is 20.5. The van der Waals surface area contributed by atoms with Crippen LogP contribution < -0.4 is 4.72 Å². The summed E-state index contributed by atoms with van der Waals surface area (Å²) in [5.41, 5.74) is 0. The number of carboxylic acids is 1. The van der Waals surface area contributed by atoms with Gasteiger partial charge < -0.3 is 9.63 Å². The second-order valence-electron chi connectivity index (χ2n) is 4.84. The van der Waals surface area contributed by atoms with Crippen molar-refractivity contribution in [1.29, 1.82) is 0 Å². The molecule has 2 heterocycles. The zero-order chi connectivity index (χ0) is 15.5. The molecule has 9 nitrogen and oxygen atoms in total. The lowest BCUT2D eigenvalue weighted by Crippen LogP contribution is -2.52. The average molecular weight is 318 g/mol. The molecule has 0 radical (unpaired) electrons. The van der Waals surface area contributed by atoms with E-state index in [-0.39, 0.29) is 19.5 Å². The van der Waals surface area contributed by atoms with Gasteiger partial charge in [-0.3, -0.25) is 4.79 Å². The van der Waals surface area contributed by atoms with Gasteiger partial charge in [-0.05, 0) is 19.3 Å². The van der Waals surface area contributed by atoms with Gasteiger partial charge in [-0.1, -0.05) is 5.16 Å². The van der Waals surface area contributed by atoms with Gasteiger partial charge in [-0.15, -0.1) is 0 Å². The molecule has 0 bridgehead atoms. The summed E-state index contributed by atoms with van der Waals surface area (Å²) in [6.45, 7) is 1.95. The average Bonchev–Trinajstić information content (AvgIpc) is 2.84. The Morgan fingerprint density at radius 1 is 1.52 bits per heavy atom. The van der Waals surface area contributed by atoms with Crippen molar-refractivity contribution < 1.29 is 22.8 Å². The lowest BCUT2D eigenvalue weighted by molar-refractivity contribution is -0.142. The predicted molar refractivity (Wildman–Crippen MR) is 71.6 cm³/mol. The molecule has 21 heavy (non-hydrogen) atoms. The van der Waals surface area contributed by atoms with Crippen molar-refractivity contribution in [2.24, 2.45) is 0 Å². The smallest absolute Gasteiger partial charge is 0.322 e. The van der Waals surface area contributed by atoms with E-state index in [1.54, 1.807) is 6.92 Å². The molecule has 0 aromatic carbocycles. The van der Waals surface area contributed by atoms with Crippen LogP contribution >= 0.6 is 0 Å². The highest BCUT2D eigenvalue weighted by Gasteiger charge is 2.36. The van der Waals surface area contributed by atoms with Crippen molar-refractivity contribution in [2.45, 2.75) is 38.6 Å². The van der Waals surface area contributed by atoms with Gasteiger partial charge in [-0.25, -0.2) is 4.72 Å². The molecule has 1 atom stereocenters. The lowest BCUT2D eigenvalue weighted by atomic mass is 10.1. The van der Waals surface area contributed by atoms with Crippen LogP contribution in [0.15, 0.2) is 4.52 Å². The van der Waals surface area contributed by atoms with Crippen LogP contribution in [0.4, 0.5) is 0 Å². The molecule has 2 N–H and O–H groups in total. The molecule has 1 aromatic rings. The second-order valence-corrected chi connectivity index (χ2v) is 6.55. The molecule has 1 aromatic heterocycles. The molecular weight excluding hydrogens is 300 g/mol. The monoisotopic (exact) mass is 318 g/mol. The lowest BCUT2D eigenvalue weighted by Gasteiger charge is -2.31. The third-order valence-corrected chi connectivity index (χ3v) is 4.87. The van der Waals surface area contributed by atoms with Crippen molar-refractivity contribution in [1.82, 2.24) is 19.2 Å². The molecule has 10 heteroatoms. The number of aromatic nitrogens is 2. The number of aryl methyl sites for hydroxylation is 1. The van der Waals surface area contributed by atoms with Crippen molar-refractivity contribution in [2.75, 3.05) is 13.1 Å². The second kappa shape index (κ2) is 6.50. The largest absolute Gasteiger partial charge is 0.480 e. The van der Waals surface area contributed by atoms with E-state index in [0.717, 1.165) is 4.31 Å². The van der Waals surface area contributed by atoms with Gasteiger partial charge in [0.2, 0.25) is 5.89 Å². The Morgan fingerprint density at radius 3 is 2.90 bits per heavy atom. The van der Waals surface area contributed by atoms with Gasteiger partial charge in [0.05, 0.1) is 0 Å². The van der Waals surface area contributed by atoms with Gasteiger partial charge in [0.15, 0.2) is 5.82 Å². The van der Waals surface area contributed by atoms with Crippen LogP contribution in [0.3, 0.4) is 0 Å². The molecule has 1 fully saturated rings. The first-order chi connectivity index (χ1) is 9.90. The molecule has 2 rings (SSSR count). The van der Waals surface area contributed by atoms with Crippen LogP contribution in [0, 0.1) is 6.92 Å². The maximum absolute atomic E-state index is 12.2. The highest BCUT2D eigenvalue weighted by atomic mass is 32.2. The van der Waals surface area contributed by atoms with Crippen molar-refractivity contribution in [3.8, 4) is 0 Å². The van der Waals surface area contributed by atoms with E-state index in [1.807, 2.05) is 0 Å². The van der Waals surface area contributed by atoms with Gasteiger partial charge in [0.25, 0.3) is 10.2 Å². The molecular formula is C11H18N4O5S. The Hall–Kier alpha value is -1.52. The van der Waals surface area contributed by atoms with E-state index >= 15 is 0 Å². The number of hydrogen-bond acceptors (Lipinski definition) is 6. The van der Waals surface area contributed by atoms with Crippen LogP contribution in [0.25, 0.3) is 0 Å². The summed E-state index contributed by atoms with van der Waals surface area (Å²) in [4.78, 5) is 15.1. The van der Waals surface area contributed by atoms with Gasteiger partial charge >= 0.3 is 5.97 Å². The highest BCUT2D eigenvalue weighted by Crippen LogP contribution is 2.19. The van der Waals surface area contributed by atoms with E-state index in [9.17, 15) is 13.2 Å². The number of nitrogens with one attached hydrogen (secondary N) is 1. The molecule has 1 saturated heterocycles. The van der Waals surface area contributed by atoms with Crippen LogP contribution in [-0.4, -0.2) is 53.1 Å². The minimum absolute atomic E-state index is 0.0874. The zero-order valence-electron chi connectivity index (χ0n) is 11.7. The maximum Gasteiger partial charge on any atom is 0.322 e. The van der Waals surface area contributed by atoms with E-state index in [4.69, 9.17) is 9.63 Å². The maximum atomic E-state index is 12.2. The summed E-state index contributed by atoms with van der Waals surface area (Å²) in [7, 11) is -3.82. The summed E-state index contributed by atoms with van der Waals surface area (Å²) in [6.07, 6.45) is 1.99. The van der Waals surface area contributed by atoms with Crippen LogP contribution in [0.2, 0.25) is 0 Å². The first-order valence-electron chi connectivity index (χ1n) is 6.68. The Morgan fingerprint density at radius 2 is 2.29 bits per heavy atom. The molecule has 1 aliphatic rings. The molecule has 1 aliphatic heterocycles. The summed E-state index contributed by atoms with van der Waals surface area (Å²) >= 11 is 0. The fourth-order valence-corrected chi connectivity index (χ4v) is 3.68. The van der Waals surface area contributed by atoms with Crippen molar-refractivity contribution >= 4 is 16.2 Å². The minimum Gasteiger partial charge on any atom is -0.480 e. The van der Waals surface area contributed by atoms with E-state index in [0.29, 0.717) is 31.0 Å². The predicted octanol–water partition coefficient (Wildman–Crippen LogP) is -0.306. The fourth-order valence-electron chi connectivity index (χ4n) is 2.26.